The van der Waals surface area contributed by atoms with E-state index in [9.17, 15) is 0 Å². The number of unbranched alkanes of at least 4 members (excludes halogenated alkanes) is 2. The van der Waals surface area contributed by atoms with Gasteiger partial charge < -0.3 is 10.1 Å². The van der Waals surface area contributed by atoms with Crippen LogP contribution in [0.1, 0.15) is 45.4 Å². The molecule has 0 aromatic carbocycles. The van der Waals surface area contributed by atoms with E-state index < -0.39 is 0 Å². The van der Waals surface area contributed by atoms with Gasteiger partial charge in [0.1, 0.15) is 0 Å². The second-order valence-electron chi connectivity index (χ2n) is 4.36. The fraction of sp³-hybridized carbons (Fsp3) is 1.00. The van der Waals surface area contributed by atoms with Gasteiger partial charge >= 0.3 is 0 Å². The third-order valence-corrected chi connectivity index (χ3v) is 3.30. The lowest BCUT2D eigenvalue weighted by Gasteiger charge is -2.29. The molecule has 2 heteroatoms. The molecule has 0 radical (unpaired) electrons. The molecular weight excluding hydrogens is 174 g/mol. The van der Waals surface area contributed by atoms with E-state index in [0.717, 1.165) is 5.92 Å². The number of piperidine rings is 1. The zero-order chi connectivity index (χ0) is 10.2. The second-order valence-corrected chi connectivity index (χ2v) is 4.36. The van der Waals surface area contributed by atoms with Gasteiger partial charge in [0.15, 0.2) is 0 Å². The molecule has 1 aliphatic rings. The van der Waals surface area contributed by atoms with E-state index >= 15 is 0 Å². The lowest BCUT2D eigenvalue weighted by atomic mass is 9.89. The Morgan fingerprint density at radius 2 is 2.00 bits per heavy atom. The van der Waals surface area contributed by atoms with Crippen LogP contribution < -0.4 is 5.32 Å². The summed E-state index contributed by atoms with van der Waals surface area (Å²) in [6.07, 6.45) is 8.36. The van der Waals surface area contributed by atoms with Gasteiger partial charge in [0.05, 0.1) is 6.10 Å². The van der Waals surface area contributed by atoms with Gasteiger partial charge in [-0.15, -0.1) is 0 Å². The van der Waals surface area contributed by atoms with Crippen LogP contribution in [-0.2, 0) is 4.74 Å². The fourth-order valence-corrected chi connectivity index (χ4v) is 2.36. The zero-order valence-electron chi connectivity index (χ0n) is 9.72. The summed E-state index contributed by atoms with van der Waals surface area (Å²) in [6.45, 7) is 4.61. The van der Waals surface area contributed by atoms with E-state index in [1.165, 1.54) is 51.6 Å². The van der Waals surface area contributed by atoms with E-state index in [2.05, 4.69) is 12.2 Å². The standard InChI is InChI=1S/C12H25NO/c1-3-4-5-6-12(14-2)11-7-9-13-10-8-11/h11-13H,3-10H2,1-2H3. The summed E-state index contributed by atoms with van der Waals surface area (Å²) in [5.74, 6) is 0.804. The summed E-state index contributed by atoms with van der Waals surface area (Å²) in [6, 6.07) is 0. The Morgan fingerprint density at radius 1 is 1.29 bits per heavy atom. The summed E-state index contributed by atoms with van der Waals surface area (Å²) >= 11 is 0. The maximum Gasteiger partial charge on any atom is 0.0600 e. The topological polar surface area (TPSA) is 21.3 Å². The molecule has 1 heterocycles. The van der Waals surface area contributed by atoms with E-state index in [-0.39, 0.29) is 0 Å². The quantitative estimate of drug-likeness (QED) is 0.664. The molecule has 0 aromatic heterocycles. The van der Waals surface area contributed by atoms with Crippen LogP contribution in [0.15, 0.2) is 0 Å². The van der Waals surface area contributed by atoms with E-state index in [1.807, 2.05) is 7.11 Å². The van der Waals surface area contributed by atoms with Gasteiger partial charge in [-0.1, -0.05) is 26.2 Å². The highest BCUT2D eigenvalue weighted by molar-refractivity contribution is 4.76. The van der Waals surface area contributed by atoms with Crippen molar-refractivity contribution in [2.75, 3.05) is 20.2 Å². The molecule has 1 aliphatic heterocycles. The van der Waals surface area contributed by atoms with E-state index in [1.54, 1.807) is 0 Å². The molecule has 1 rings (SSSR count). The normalized spacial score (nSPS) is 21.0. The van der Waals surface area contributed by atoms with Crippen molar-refractivity contribution in [2.24, 2.45) is 5.92 Å². The van der Waals surface area contributed by atoms with Crippen LogP contribution in [0.3, 0.4) is 0 Å². The minimum atomic E-state index is 0.517. The molecule has 14 heavy (non-hydrogen) atoms. The monoisotopic (exact) mass is 199 g/mol. The minimum Gasteiger partial charge on any atom is -0.381 e. The first-order valence-corrected chi connectivity index (χ1v) is 6.12. The molecular formula is C12H25NO. The number of ether oxygens (including phenoxy) is 1. The van der Waals surface area contributed by atoms with Crippen LogP contribution in [0.2, 0.25) is 0 Å². The maximum atomic E-state index is 5.61. The number of hydrogen-bond acceptors (Lipinski definition) is 2. The largest absolute Gasteiger partial charge is 0.381 e. The van der Waals surface area contributed by atoms with Crippen LogP contribution in [0.5, 0.6) is 0 Å². The molecule has 0 aromatic rings. The molecule has 84 valence electrons. The van der Waals surface area contributed by atoms with Crippen molar-refractivity contribution < 1.29 is 4.74 Å². The summed E-state index contributed by atoms with van der Waals surface area (Å²) in [4.78, 5) is 0. The number of methoxy groups -OCH3 is 1. The van der Waals surface area contributed by atoms with Crippen molar-refractivity contribution in [3.05, 3.63) is 0 Å². The predicted molar refractivity (Wildman–Crippen MR) is 60.5 cm³/mol. The molecule has 1 fully saturated rings. The molecule has 0 saturated carbocycles. The summed E-state index contributed by atoms with van der Waals surface area (Å²) < 4.78 is 5.61. The summed E-state index contributed by atoms with van der Waals surface area (Å²) in [5.41, 5.74) is 0. The first-order chi connectivity index (χ1) is 6.88. The van der Waals surface area contributed by atoms with Crippen molar-refractivity contribution in [1.29, 1.82) is 0 Å². The van der Waals surface area contributed by atoms with Gasteiger partial charge in [-0.3, -0.25) is 0 Å². The van der Waals surface area contributed by atoms with Crippen LogP contribution in [0.4, 0.5) is 0 Å². The Labute approximate surface area is 88.4 Å². The smallest absolute Gasteiger partial charge is 0.0600 e. The Bertz CT molecular complexity index is 132. The highest BCUT2D eigenvalue weighted by atomic mass is 16.5. The molecule has 0 spiro atoms. The van der Waals surface area contributed by atoms with Crippen molar-refractivity contribution >= 4 is 0 Å². The molecule has 1 N–H and O–H groups in total. The number of rotatable bonds is 6. The van der Waals surface area contributed by atoms with Crippen LogP contribution in [0, 0.1) is 5.92 Å². The number of hydrogen-bond donors (Lipinski definition) is 1. The van der Waals surface area contributed by atoms with Gasteiger partial charge in [-0.2, -0.15) is 0 Å². The number of nitrogens with one attached hydrogen (secondary N) is 1. The van der Waals surface area contributed by atoms with Crippen molar-refractivity contribution in [3.8, 4) is 0 Å². The maximum absolute atomic E-state index is 5.61. The fourth-order valence-electron chi connectivity index (χ4n) is 2.36. The minimum absolute atomic E-state index is 0.517. The van der Waals surface area contributed by atoms with Crippen LogP contribution in [0.25, 0.3) is 0 Å². The molecule has 2 nitrogen and oxygen atoms in total. The van der Waals surface area contributed by atoms with E-state index in [4.69, 9.17) is 4.74 Å². The highest BCUT2D eigenvalue weighted by Crippen LogP contribution is 2.22. The predicted octanol–water partition coefficient (Wildman–Crippen LogP) is 2.58. The highest BCUT2D eigenvalue weighted by Gasteiger charge is 2.22. The SMILES string of the molecule is CCCCCC(OC)C1CCNCC1. The molecule has 1 unspecified atom stereocenters. The Morgan fingerprint density at radius 3 is 2.57 bits per heavy atom. The van der Waals surface area contributed by atoms with Gasteiger partial charge in [-0.25, -0.2) is 0 Å². The molecule has 0 bridgehead atoms. The van der Waals surface area contributed by atoms with Crippen molar-refractivity contribution in [2.45, 2.75) is 51.6 Å². The third-order valence-electron chi connectivity index (χ3n) is 3.30. The Hall–Kier alpha value is -0.0800. The molecule has 1 atom stereocenters. The van der Waals surface area contributed by atoms with Crippen LogP contribution >= 0.6 is 0 Å². The van der Waals surface area contributed by atoms with Gasteiger partial charge in [0.2, 0.25) is 0 Å². The van der Waals surface area contributed by atoms with Crippen molar-refractivity contribution in [3.63, 3.8) is 0 Å². The Kier molecular flexibility index (Phi) is 6.20. The van der Waals surface area contributed by atoms with Gasteiger partial charge in [0.25, 0.3) is 0 Å². The molecule has 0 aliphatic carbocycles. The van der Waals surface area contributed by atoms with Crippen molar-refractivity contribution in [1.82, 2.24) is 5.32 Å². The third kappa shape index (κ3) is 3.97. The lowest BCUT2D eigenvalue weighted by molar-refractivity contribution is 0.0314. The van der Waals surface area contributed by atoms with Gasteiger partial charge in [0, 0.05) is 7.11 Å². The lowest BCUT2D eigenvalue weighted by Crippen LogP contribution is -2.34. The van der Waals surface area contributed by atoms with Gasteiger partial charge in [-0.05, 0) is 38.3 Å². The van der Waals surface area contributed by atoms with Crippen LogP contribution in [-0.4, -0.2) is 26.3 Å². The zero-order valence-corrected chi connectivity index (χ0v) is 9.72. The average molecular weight is 199 g/mol. The average Bonchev–Trinajstić information content (AvgIpc) is 2.26. The first kappa shape index (κ1) is 12.0. The first-order valence-electron chi connectivity index (χ1n) is 6.12. The Balaban J connectivity index is 2.21. The summed E-state index contributed by atoms with van der Waals surface area (Å²) in [7, 11) is 1.87. The molecule has 0 amide bonds. The van der Waals surface area contributed by atoms with E-state index in [0.29, 0.717) is 6.10 Å². The second kappa shape index (κ2) is 7.24. The summed E-state index contributed by atoms with van der Waals surface area (Å²) in [5, 5.41) is 3.41. The molecule has 1 saturated heterocycles.